The highest BCUT2D eigenvalue weighted by Gasteiger charge is 2.34. The molecular weight excluding hydrogens is 405 g/mol. The fourth-order valence-electron chi connectivity index (χ4n) is 2.47. The van der Waals surface area contributed by atoms with E-state index < -0.39 is 5.60 Å². The molecular formula is C18H26INO3. The van der Waals surface area contributed by atoms with Gasteiger partial charge in [-0.1, -0.05) is 12.1 Å². The number of nitrogens with zero attached hydrogens (tertiary/aromatic N) is 1. The van der Waals surface area contributed by atoms with Crippen molar-refractivity contribution >= 4 is 28.7 Å². The van der Waals surface area contributed by atoms with Gasteiger partial charge >= 0.3 is 6.09 Å². The highest BCUT2D eigenvalue weighted by Crippen LogP contribution is 2.28. The molecule has 0 N–H and O–H groups in total. The first-order chi connectivity index (χ1) is 10.7. The van der Waals surface area contributed by atoms with Crippen molar-refractivity contribution in [2.75, 3.05) is 13.1 Å². The van der Waals surface area contributed by atoms with Gasteiger partial charge in [-0.05, 0) is 80.8 Å². The molecule has 1 fully saturated rings. The van der Waals surface area contributed by atoms with E-state index in [4.69, 9.17) is 9.47 Å². The summed E-state index contributed by atoms with van der Waals surface area (Å²) in [6.07, 6.45) is 1.44. The molecule has 1 amide bonds. The van der Waals surface area contributed by atoms with Gasteiger partial charge in [0, 0.05) is 16.7 Å². The van der Waals surface area contributed by atoms with Gasteiger partial charge in [0.25, 0.3) is 0 Å². The fraction of sp³-hybridized carbons (Fsp3) is 0.611. The van der Waals surface area contributed by atoms with Crippen molar-refractivity contribution in [1.29, 1.82) is 0 Å². The van der Waals surface area contributed by atoms with Crippen LogP contribution in [0.2, 0.25) is 0 Å². The van der Waals surface area contributed by atoms with Gasteiger partial charge in [0.05, 0.1) is 12.2 Å². The summed E-state index contributed by atoms with van der Waals surface area (Å²) in [7, 11) is 0. The third kappa shape index (κ3) is 5.95. The molecule has 0 aliphatic carbocycles. The van der Waals surface area contributed by atoms with Crippen molar-refractivity contribution in [3.63, 3.8) is 0 Å². The Bertz CT molecular complexity index is 528. The zero-order valence-electron chi connectivity index (χ0n) is 14.4. The van der Waals surface area contributed by atoms with Crippen molar-refractivity contribution in [1.82, 2.24) is 4.90 Å². The van der Waals surface area contributed by atoms with Crippen molar-refractivity contribution < 1.29 is 14.3 Å². The molecule has 1 aromatic rings. The average molecular weight is 431 g/mol. The summed E-state index contributed by atoms with van der Waals surface area (Å²) < 4.78 is 12.8. The molecule has 5 heteroatoms. The van der Waals surface area contributed by atoms with Crippen molar-refractivity contribution in [3.8, 4) is 0 Å². The van der Waals surface area contributed by atoms with Gasteiger partial charge in [-0.3, -0.25) is 0 Å². The van der Waals surface area contributed by atoms with E-state index in [0.29, 0.717) is 19.7 Å². The maximum absolute atomic E-state index is 12.1. The smallest absolute Gasteiger partial charge is 0.410 e. The van der Waals surface area contributed by atoms with E-state index in [-0.39, 0.29) is 11.7 Å². The molecule has 0 saturated carbocycles. The Morgan fingerprint density at radius 2 is 1.78 bits per heavy atom. The van der Waals surface area contributed by atoms with Crippen LogP contribution in [0.3, 0.4) is 0 Å². The Labute approximate surface area is 152 Å². The van der Waals surface area contributed by atoms with Gasteiger partial charge in [-0.15, -0.1) is 0 Å². The number of benzene rings is 1. The highest BCUT2D eigenvalue weighted by molar-refractivity contribution is 14.1. The van der Waals surface area contributed by atoms with Crippen molar-refractivity contribution in [2.45, 2.75) is 58.3 Å². The first-order valence-corrected chi connectivity index (χ1v) is 9.11. The summed E-state index contributed by atoms with van der Waals surface area (Å²) in [5, 5.41) is 0. The number of ether oxygens (including phenoxy) is 2. The number of carbonyl (C=O) groups excluding carboxylic acids is 1. The lowest BCUT2D eigenvalue weighted by Gasteiger charge is -2.39. The Morgan fingerprint density at radius 3 is 2.30 bits per heavy atom. The zero-order chi connectivity index (χ0) is 17.1. The van der Waals surface area contributed by atoms with Crippen LogP contribution >= 0.6 is 22.6 Å². The number of likely N-dealkylation sites (tertiary alicyclic amines) is 1. The van der Waals surface area contributed by atoms with Crippen LogP contribution in [0.4, 0.5) is 4.79 Å². The van der Waals surface area contributed by atoms with E-state index in [1.54, 1.807) is 4.90 Å². The van der Waals surface area contributed by atoms with E-state index in [1.165, 1.54) is 9.13 Å². The minimum absolute atomic E-state index is 0.179. The van der Waals surface area contributed by atoms with Crippen LogP contribution in [0.1, 0.15) is 46.1 Å². The summed E-state index contributed by atoms with van der Waals surface area (Å²) in [5.74, 6) is 0. The normalized spacial score (nSPS) is 17.9. The number of piperidine rings is 1. The molecule has 23 heavy (non-hydrogen) atoms. The van der Waals surface area contributed by atoms with Gasteiger partial charge in [0.15, 0.2) is 0 Å². The third-order valence-electron chi connectivity index (χ3n) is 3.97. The zero-order valence-corrected chi connectivity index (χ0v) is 16.6. The van der Waals surface area contributed by atoms with Gasteiger partial charge < -0.3 is 14.4 Å². The summed E-state index contributed by atoms with van der Waals surface area (Å²) in [6.45, 7) is 9.78. The molecule has 1 aliphatic heterocycles. The number of hydrogen-bond acceptors (Lipinski definition) is 3. The largest absolute Gasteiger partial charge is 0.444 e. The van der Waals surface area contributed by atoms with Gasteiger partial charge in [-0.2, -0.15) is 0 Å². The quantitative estimate of drug-likeness (QED) is 0.657. The molecule has 1 saturated heterocycles. The molecule has 1 heterocycles. The first kappa shape index (κ1) is 18.5. The van der Waals surface area contributed by atoms with Gasteiger partial charge in [0.1, 0.15) is 5.60 Å². The molecule has 2 rings (SSSR count). The number of rotatable bonds is 3. The fourth-order valence-corrected chi connectivity index (χ4v) is 2.83. The average Bonchev–Trinajstić information content (AvgIpc) is 2.46. The SMILES string of the molecule is CC(C)(C)OC(=O)N1CCC(C)(OCc2ccc(I)cc2)CC1. The van der Waals surface area contributed by atoms with E-state index in [0.717, 1.165) is 12.8 Å². The van der Waals surface area contributed by atoms with Crippen molar-refractivity contribution in [2.24, 2.45) is 0 Å². The van der Waals surface area contributed by atoms with Crippen LogP contribution in [-0.4, -0.2) is 35.3 Å². The van der Waals surface area contributed by atoms with Gasteiger partial charge in [0.2, 0.25) is 0 Å². The topological polar surface area (TPSA) is 38.8 Å². The van der Waals surface area contributed by atoms with Gasteiger partial charge in [-0.25, -0.2) is 4.79 Å². The van der Waals surface area contributed by atoms with Crippen LogP contribution in [0.15, 0.2) is 24.3 Å². The molecule has 0 atom stereocenters. The summed E-state index contributed by atoms with van der Waals surface area (Å²) >= 11 is 2.30. The maximum Gasteiger partial charge on any atom is 0.410 e. The maximum atomic E-state index is 12.1. The predicted octanol–water partition coefficient (Wildman–Crippen LogP) is 4.60. The third-order valence-corrected chi connectivity index (χ3v) is 4.69. The lowest BCUT2D eigenvalue weighted by atomic mass is 9.93. The Kier molecular flexibility index (Phi) is 5.94. The van der Waals surface area contributed by atoms with E-state index in [9.17, 15) is 4.79 Å². The van der Waals surface area contributed by atoms with Crippen LogP contribution in [0, 0.1) is 3.57 Å². The number of halogens is 1. The van der Waals surface area contributed by atoms with Crippen molar-refractivity contribution in [3.05, 3.63) is 33.4 Å². The van der Waals surface area contributed by atoms with Crippen LogP contribution in [-0.2, 0) is 16.1 Å². The predicted molar refractivity (Wildman–Crippen MR) is 99.4 cm³/mol. The number of amides is 1. The second kappa shape index (κ2) is 7.38. The monoisotopic (exact) mass is 431 g/mol. The Hall–Kier alpha value is -0.820. The molecule has 0 spiro atoms. The molecule has 1 aliphatic rings. The Morgan fingerprint density at radius 1 is 1.22 bits per heavy atom. The standard InChI is InChI=1S/C18H26INO3/c1-17(2,3)23-16(21)20-11-9-18(4,10-12-20)22-13-14-5-7-15(19)8-6-14/h5-8H,9-13H2,1-4H3. The summed E-state index contributed by atoms with van der Waals surface area (Å²) in [4.78, 5) is 13.9. The number of carbonyl (C=O) groups is 1. The second-order valence-electron chi connectivity index (χ2n) is 7.33. The van der Waals surface area contributed by atoms with E-state index >= 15 is 0 Å². The molecule has 0 aromatic heterocycles. The molecule has 4 nitrogen and oxygen atoms in total. The highest BCUT2D eigenvalue weighted by atomic mass is 127. The minimum atomic E-state index is -0.445. The van der Waals surface area contributed by atoms with Crippen LogP contribution < -0.4 is 0 Å². The van der Waals surface area contributed by atoms with E-state index in [2.05, 4.69) is 53.8 Å². The van der Waals surface area contributed by atoms with E-state index in [1.807, 2.05) is 20.8 Å². The number of hydrogen-bond donors (Lipinski definition) is 0. The lowest BCUT2D eigenvalue weighted by molar-refractivity contribution is -0.0812. The first-order valence-electron chi connectivity index (χ1n) is 8.03. The summed E-state index contributed by atoms with van der Waals surface area (Å²) in [5.41, 5.74) is 0.557. The molecule has 0 bridgehead atoms. The minimum Gasteiger partial charge on any atom is -0.444 e. The van der Waals surface area contributed by atoms with Crippen LogP contribution in [0.25, 0.3) is 0 Å². The molecule has 128 valence electrons. The molecule has 0 radical (unpaired) electrons. The molecule has 1 aromatic carbocycles. The molecule has 0 unspecified atom stereocenters. The lowest BCUT2D eigenvalue weighted by Crippen LogP contribution is -2.47. The van der Waals surface area contributed by atoms with Crippen LogP contribution in [0.5, 0.6) is 0 Å². The second-order valence-corrected chi connectivity index (χ2v) is 8.58. The Balaban J connectivity index is 1.82. The summed E-state index contributed by atoms with van der Waals surface area (Å²) in [6, 6.07) is 8.38.